The smallest absolute Gasteiger partial charge is 0.185 e. The molecule has 1 aromatic rings. The highest BCUT2D eigenvalue weighted by Crippen LogP contribution is 2.39. The van der Waals surface area contributed by atoms with Crippen LogP contribution in [0.25, 0.3) is 0 Å². The van der Waals surface area contributed by atoms with E-state index in [1.54, 1.807) is 11.3 Å². The summed E-state index contributed by atoms with van der Waals surface area (Å²) in [6.45, 7) is 5.33. The minimum atomic E-state index is 0.462. The third-order valence-electron chi connectivity index (χ3n) is 5.02. The minimum Gasteiger partial charge on any atom is -0.381 e. The molecule has 3 fully saturated rings. The van der Waals surface area contributed by atoms with Crippen molar-refractivity contribution in [2.75, 3.05) is 38.3 Å². The lowest BCUT2D eigenvalue weighted by atomic mass is 9.87. The summed E-state index contributed by atoms with van der Waals surface area (Å²) in [5, 5.41) is 3.44. The predicted molar refractivity (Wildman–Crippen MR) is 81.3 cm³/mol. The molecular weight excluding hydrogens is 270 g/mol. The molecule has 1 spiro atoms. The van der Waals surface area contributed by atoms with Crippen LogP contribution >= 0.6 is 11.3 Å². The molecule has 5 heteroatoms. The van der Waals surface area contributed by atoms with Gasteiger partial charge in [-0.25, -0.2) is 4.98 Å². The zero-order valence-electron chi connectivity index (χ0n) is 12.2. The van der Waals surface area contributed by atoms with Crippen LogP contribution < -0.4 is 4.90 Å². The highest BCUT2D eigenvalue weighted by Gasteiger charge is 2.41. The first-order chi connectivity index (χ1) is 9.74. The van der Waals surface area contributed by atoms with Crippen molar-refractivity contribution >= 4 is 16.5 Å². The fourth-order valence-corrected chi connectivity index (χ4v) is 4.37. The van der Waals surface area contributed by atoms with Gasteiger partial charge < -0.3 is 9.64 Å². The first-order valence-electron chi connectivity index (χ1n) is 7.72. The maximum absolute atomic E-state index is 5.60. The molecule has 1 atom stereocenters. The Balaban J connectivity index is 1.37. The van der Waals surface area contributed by atoms with Gasteiger partial charge in [0.15, 0.2) is 5.13 Å². The highest BCUT2D eigenvalue weighted by atomic mass is 32.1. The van der Waals surface area contributed by atoms with Gasteiger partial charge in [0.2, 0.25) is 0 Å². The Hall–Kier alpha value is -0.650. The second-order valence-electron chi connectivity index (χ2n) is 6.73. The number of nitrogens with zero attached hydrogens (tertiary/aromatic N) is 3. The van der Waals surface area contributed by atoms with Crippen molar-refractivity contribution in [3.63, 3.8) is 0 Å². The molecule has 0 amide bonds. The number of hydrogen-bond acceptors (Lipinski definition) is 5. The van der Waals surface area contributed by atoms with Gasteiger partial charge in [-0.15, -0.1) is 11.3 Å². The molecule has 3 heterocycles. The van der Waals surface area contributed by atoms with Crippen LogP contribution in [0.3, 0.4) is 0 Å². The Morgan fingerprint density at radius 3 is 3.15 bits per heavy atom. The Kier molecular flexibility index (Phi) is 3.24. The fraction of sp³-hybridized carbons (Fsp3) is 0.800. The SMILES string of the molecule is CN(c1nc(CN2CCC3(CCOC3)C2)cs1)C1CC1. The van der Waals surface area contributed by atoms with E-state index >= 15 is 0 Å². The van der Waals surface area contributed by atoms with E-state index in [1.165, 1.54) is 49.6 Å². The summed E-state index contributed by atoms with van der Waals surface area (Å²) in [5.41, 5.74) is 1.71. The molecule has 1 saturated carbocycles. The second kappa shape index (κ2) is 4.97. The zero-order valence-corrected chi connectivity index (χ0v) is 13.0. The van der Waals surface area contributed by atoms with E-state index < -0.39 is 0 Å². The van der Waals surface area contributed by atoms with E-state index in [1.807, 2.05) is 0 Å². The van der Waals surface area contributed by atoms with Crippen LogP contribution in [-0.4, -0.2) is 49.3 Å². The molecule has 4 nitrogen and oxygen atoms in total. The topological polar surface area (TPSA) is 28.6 Å². The van der Waals surface area contributed by atoms with Crippen molar-refractivity contribution < 1.29 is 4.74 Å². The molecule has 2 saturated heterocycles. The lowest BCUT2D eigenvalue weighted by molar-refractivity contribution is 0.151. The number of aromatic nitrogens is 1. The van der Waals surface area contributed by atoms with Gasteiger partial charge in [0.1, 0.15) is 0 Å². The van der Waals surface area contributed by atoms with Gasteiger partial charge in [-0.3, -0.25) is 4.90 Å². The molecule has 3 aliphatic rings. The molecule has 0 bridgehead atoms. The lowest BCUT2D eigenvalue weighted by Gasteiger charge is -2.21. The van der Waals surface area contributed by atoms with Gasteiger partial charge >= 0.3 is 0 Å². The molecule has 2 aliphatic heterocycles. The van der Waals surface area contributed by atoms with Gasteiger partial charge in [0, 0.05) is 43.6 Å². The van der Waals surface area contributed by atoms with Crippen LogP contribution in [0.1, 0.15) is 31.4 Å². The summed E-state index contributed by atoms with van der Waals surface area (Å²) in [6.07, 6.45) is 5.21. The maximum atomic E-state index is 5.60. The number of thiazole rings is 1. The zero-order chi connectivity index (χ0) is 13.6. The second-order valence-corrected chi connectivity index (χ2v) is 7.56. The van der Waals surface area contributed by atoms with E-state index in [9.17, 15) is 0 Å². The molecule has 20 heavy (non-hydrogen) atoms. The predicted octanol–water partition coefficient (Wildman–Crippen LogP) is 2.35. The van der Waals surface area contributed by atoms with Gasteiger partial charge in [0.25, 0.3) is 0 Å². The molecule has 0 aromatic carbocycles. The lowest BCUT2D eigenvalue weighted by Crippen LogP contribution is -2.27. The van der Waals surface area contributed by atoms with Crippen molar-refractivity contribution in [2.24, 2.45) is 5.41 Å². The molecule has 0 N–H and O–H groups in total. The highest BCUT2D eigenvalue weighted by molar-refractivity contribution is 7.13. The first kappa shape index (κ1) is 13.0. The maximum Gasteiger partial charge on any atom is 0.185 e. The summed E-state index contributed by atoms with van der Waals surface area (Å²) in [6, 6.07) is 0.750. The monoisotopic (exact) mass is 293 g/mol. The van der Waals surface area contributed by atoms with E-state index in [0.29, 0.717) is 5.41 Å². The van der Waals surface area contributed by atoms with Crippen LogP contribution in [0.15, 0.2) is 5.38 Å². The quantitative estimate of drug-likeness (QED) is 0.852. The van der Waals surface area contributed by atoms with Crippen LogP contribution in [0.4, 0.5) is 5.13 Å². The molecule has 110 valence electrons. The Bertz CT molecular complexity index is 479. The average Bonchev–Trinajstić information content (AvgIpc) is 2.87. The van der Waals surface area contributed by atoms with Crippen molar-refractivity contribution in [1.82, 2.24) is 9.88 Å². The number of ether oxygens (including phenoxy) is 1. The van der Waals surface area contributed by atoms with Crippen LogP contribution in [-0.2, 0) is 11.3 Å². The first-order valence-corrected chi connectivity index (χ1v) is 8.59. The van der Waals surface area contributed by atoms with Gasteiger partial charge in [-0.2, -0.15) is 0 Å². The summed E-state index contributed by atoms with van der Waals surface area (Å²) in [4.78, 5) is 9.73. The Morgan fingerprint density at radius 1 is 1.50 bits per heavy atom. The molecule has 4 rings (SSSR count). The fourth-order valence-electron chi connectivity index (χ4n) is 3.51. The summed E-state index contributed by atoms with van der Waals surface area (Å²) < 4.78 is 5.60. The van der Waals surface area contributed by atoms with E-state index in [0.717, 1.165) is 25.8 Å². The largest absolute Gasteiger partial charge is 0.381 e. The van der Waals surface area contributed by atoms with Crippen molar-refractivity contribution in [3.8, 4) is 0 Å². The van der Waals surface area contributed by atoms with Crippen LogP contribution in [0.2, 0.25) is 0 Å². The van der Waals surface area contributed by atoms with Crippen LogP contribution in [0, 0.1) is 5.41 Å². The molecule has 1 unspecified atom stereocenters. The molecule has 0 radical (unpaired) electrons. The standard InChI is InChI=1S/C15H23N3OS/c1-17(13-2-3-13)14-16-12(9-20-14)8-18-6-4-15(10-18)5-7-19-11-15/h9,13H,2-8,10-11H2,1H3. The Morgan fingerprint density at radius 2 is 2.40 bits per heavy atom. The van der Waals surface area contributed by atoms with E-state index in [2.05, 4.69) is 22.2 Å². The molecular formula is C15H23N3OS. The Labute approximate surface area is 124 Å². The summed E-state index contributed by atoms with van der Waals surface area (Å²) in [7, 11) is 2.18. The van der Waals surface area contributed by atoms with Crippen molar-refractivity contribution in [2.45, 2.75) is 38.3 Å². The minimum absolute atomic E-state index is 0.462. The van der Waals surface area contributed by atoms with E-state index in [4.69, 9.17) is 9.72 Å². The number of rotatable bonds is 4. The van der Waals surface area contributed by atoms with Crippen LogP contribution in [0.5, 0.6) is 0 Å². The molecule has 1 aliphatic carbocycles. The summed E-state index contributed by atoms with van der Waals surface area (Å²) in [5.74, 6) is 0. The van der Waals surface area contributed by atoms with E-state index in [-0.39, 0.29) is 0 Å². The van der Waals surface area contributed by atoms with Gasteiger partial charge in [-0.05, 0) is 32.2 Å². The van der Waals surface area contributed by atoms with Crippen molar-refractivity contribution in [1.29, 1.82) is 0 Å². The third kappa shape index (κ3) is 2.47. The molecule has 1 aromatic heterocycles. The normalized spacial score (nSPS) is 30.4. The van der Waals surface area contributed by atoms with Gasteiger partial charge in [-0.1, -0.05) is 0 Å². The van der Waals surface area contributed by atoms with Gasteiger partial charge in [0.05, 0.1) is 12.3 Å². The number of hydrogen-bond donors (Lipinski definition) is 0. The average molecular weight is 293 g/mol. The summed E-state index contributed by atoms with van der Waals surface area (Å²) >= 11 is 1.80. The number of likely N-dealkylation sites (tertiary alicyclic amines) is 1. The third-order valence-corrected chi connectivity index (χ3v) is 6.00. The van der Waals surface area contributed by atoms with Crippen molar-refractivity contribution in [3.05, 3.63) is 11.1 Å². The number of anilines is 1.